The maximum atomic E-state index is 14.1. The molecule has 0 bridgehead atoms. The van der Waals surface area contributed by atoms with E-state index in [9.17, 15) is 18.0 Å². The Bertz CT molecular complexity index is 702. The lowest BCUT2D eigenvalue weighted by Crippen LogP contribution is -2.64. The molecule has 5 nitrogen and oxygen atoms in total. The third-order valence-corrected chi connectivity index (χ3v) is 5.49. The summed E-state index contributed by atoms with van der Waals surface area (Å²) in [7, 11) is -2.54. The molecular formula is C21H33F3N2O3Si. The number of carbonyl (C=O) groups is 1. The van der Waals surface area contributed by atoms with Crippen LogP contribution in [0.3, 0.4) is 0 Å². The number of amides is 1. The van der Waals surface area contributed by atoms with E-state index in [0.717, 1.165) is 5.56 Å². The lowest BCUT2D eigenvalue weighted by atomic mass is 10.0. The fourth-order valence-electron chi connectivity index (χ4n) is 3.41. The fourth-order valence-corrected chi connectivity index (χ4v) is 4.46. The Hall–Kier alpha value is -1.58. The number of carbonyl (C=O) groups excluding carboxylic acids is 1. The van der Waals surface area contributed by atoms with Crippen molar-refractivity contribution in [2.75, 3.05) is 19.6 Å². The Labute approximate surface area is 178 Å². The van der Waals surface area contributed by atoms with Crippen molar-refractivity contribution in [2.24, 2.45) is 0 Å². The van der Waals surface area contributed by atoms with Crippen molar-refractivity contribution in [3.63, 3.8) is 0 Å². The molecule has 0 spiro atoms. The van der Waals surface area contributed by atoms with Crippen LogP contribution in [-0.2, 0) is 15.7 Å². The van der Waals surface area contributed by atoms with Crippen molar-refractivity contribution in [2.45, 2.75) is 70.9 Å². The summed E-state index contributed by atoms with van der Waals surface area (Å²) in [5, 5.41) is 0. The summed E-state index contributed by atoms with van der Waals surface area (Å²) in [5.74, 6) is 0. The van der Waals surface area contributed by atoms with E-state index in [2.05, 4.69) is 0 Å². The quantitative estimate of drug-likeness (QED) is 0.604. The molecule has 0 saturated carbocycles. The minimum Gasteiger partial charge on any atom is -0.444 e. The minimum atomic E-state index is -4.60. The van der Waals surface area contributed by atoms with Crippen LogP contribution >= 0.6 is 0 Å². The maximum Gasteiger partial charge on any atom is 0.415 e. The van der Waals surface area contributed by atoms with Gasteiger partial charge in [0, 0.05) is 26.2 Å². The Morgan fingerprint density at radius 1 is 1.13 bits per heavy atom. The van der Waals surface area contributed by atoms with E-state index in [1.807, 2.05) is 35.2 Å². The first kappa shape index (κ1) is 24.7. The van der Waals surface area contributed by atoms with Crippen LogP contribution < -0.4 is 0 Å². The van der Waals surface area contributed by atoms with Crippen molar-refractivity contribution in [3.8, 4) is 0 Å². The maximum absolute atomic E-state index is 14.1. The number of piperazine rings is 1. The molecule has 0 N–H and O–H groups in total. The molecule has 0 radical (unpaired) electrons. The molecule has 2 atom stereocenters. The summed E-state index contributed by atoms with van der Waals surface area (Å²) >= 11 is 0. The van der Waals surface area contributed by atoms with Crippen LogP contribution in [0.15, 0.2) is 30.3 Å². The summed E-state index contributed by atoms with van der Waals surface area (Å²) in [6.07, 6.45) is -7.39. The number of rotatable bonds is 5. The van der Waals surface area contributed by atoms with Crippen LogP contribution in [0.25, 0.3) is 0 Å². The second-order valence-corrected chi connectivity index (χ2v) is 14.1. The van der Waals surface area contributed by atoms with Gasteiger partial charge in [-0.1, -0.05) is 30.3 Å². The van der Waals surface area contributed by atoms with Gasteiger partial charge in [0.1, 0.15) is 5.60 Å². The normalized spacial score (nSPS) is 20.2. The topological polar surface area (TPSA) is 42.0 Å². The van der Waals surface area contributed by atoms with Crippen molar-refractivity contribution < 1.29 is 27.1 Å². The monoisotopic (exact) mass is 446 g/mol. The van der Waals surface area contributed by atoms with E-state index in [0.29, 0.717) is 13.1 Å². The van der Waals surface area contributed by atoms with Crippen LogP contribution in [0.2, 0.25) is 19.6 Å². The molecule has 2 rings (SSSR count). The third kappa shape index (κ3) is 7.59. The van der Waals surface area contributed by atoms with Crippen LogP contribution in [0.1, 0.15) is 26.3 Å². The minimum absolute atomic E-state index is 0.0583. The van der Waals surface area contributed by atoms with Crippen LogP contribution in [-0.4, -0.2) is 67.8 Å². The number of halogens is 3. The summed E-state index contributed by atoms with van der Waals surface area (Å²) in [4.78, 5) is 15.9. The molecule has 1 heterocycles. The smallest absolute Gasteiger partial charge is 0.415 e. The molecule has 1 fully saturated rings. The van der Waals surface area contributed by atoms with E-state index in [1.54, 1.807) is 40.4 Å². The predicted octanol–water partition coefficient (Wildman–Crippen LogP) is 4.89. The molecule has 1 aromatic carbocycles. The number of nitrogens with zero attached hydrogens (tertiary/aromatic N) is 2. The number of ether oxygens (including phenoxy) is 1. The van der Waals surface area contributed by atoms with Crippen LogP contribution in [0.5, 0.6) is 0 Å². The lowest BCUT2D eigenvalue weighted by Gasteiger charge is -2.46. The van der Waals surface area contributed by atoms with Gasteiger partial charge < -0.3 is 9.16 Å². The molecule has 1 aromatic rings. The molecule has 170 valence electrons. The van der Waals surface area contributed by atoms with Gasteiger partial charge in [0.05, 0.1) is 6.04 Å². The van der Waals surface area contributed by atoms with Gasteiger partial charge in [-0.25, -0.2) is 4.79 Å². The Kier molecular flexibility index (Phi) is 7.63. The zero-order chi connectivity index (χ0) is 22.7. The van der Waals surface area contributed by atoms with E-state index < -0.39 is 38.3 Å². The molecule has 30 heavy (non-hydrogen) atoms. The molecule has 1 aliphatic rings. The molecular weight excluding hydrogens is 413 g/mol. The van der Waals surface area contributed by atoms with Gasteiger partial charge in [-0.3, -0.25) is 9.80 Å². The van der Waals surface area contributed by atoms with E-state index in [-0.39, 0.29) is 13.1 Å². The van der Waals surface area contributed by atoms with Gasteiger partial charge in [0.15, 0.2) is 14.4 Å². The van der Waals surface area contributed by atoms with E-state index in [1.165, 1.54) is 4.90 Å². The first-order valence-corrected chi connectivity index (χ1v) is 13.6. The van der Waals surface area contributed by atoms with Crippen LogP contribution in [0, 0.1) is 0 Å². The summed E-state index contributed by atoms with van der Waals surface area (Å²) in [6.45, 7) is 11.4. The average Bonchev–Trinajstić information content (AvgIpc) is 2.57. The summed E-state index contributed by atoms with van der Waals surface area (Å²) in [5.41, 5.74) is 0.215. The number of benzene rings is 1. The summed E-state index contributed by atoms with van der Waals surface area (Å²) in [6, 6.07) is 8.40. The molecule has 0 aromatic heterocycles. The average molecular weight is 447 g/mol. The molecule has 1 amide bonds. The van der Waals surface area contributed by atoms with Gasteiger partial charge in [0.2, 0.25) is 0 Å². The van der Waals surface area contributed by atoms with Gasteiger partial charge in [0.25, 0.3) is 0 Å². The zero-order valence-corrected chi connectivity index (χ0v) is 19.6. The number of alkyl halides is 3. The Morgan fingerprint density at radius 3 is 2.23 bits per heavy atom. The predicted molar refractivity (Wildman–Crippen MR) is 113 cm³/mol. The zero-order valence-electron chi connectivity index (χ0n) is 18.6. The number of hydrogen-bond donors (Lipinski definition) is 0. The summed E-state index contributed by atoms with van der Waals surface area (Å²) < 4.78 is 53.2. The Balaban J connectivity index is 2.31. The third-order valence-electron chi connectivity index (χ3n) is 4.53. The lowest BCUT2D eigenvalue weighted by molar-refractivity contribution is -0.218. The van der Waals surface area contributed by atoms with Crippen molar-refractivity contribution >= 4 is 14.4 Å². The van der Waals surface area contributed by atoms with E-state index >= 15 is 0 Å². The van der Waals surface area contributed by atoms with Gasteiger partial charge >= 0.3 is 12.3 Å². The Morgan fingerprint density at radius 2 is 1.73 bits per heavy atom. The molecule has 9 heteroatoms. The van der Waals surface area contributed by atoms with Gasteiger partial charge in [-0.15, -0.1) is 0 Å². The first-order valence-electron chi connectivity index (χ1n) is 10.2. The van der Waals surface area contributed by atoms with Crippen LogP contribution in [0.4, 0.5) is 18.0 Å². The number of hydrogen-bond acceptors (Lipinski definition) is 4. The molecule has 0 aliphatic carbocycles. The SMILES string of the molecule is CC(C)(C)OC(=O)N1CCN(Cc2ccccc2)C[C@H]1C(O[Si](C)(C)C)C(F)(F)F. The highest BCUT2D eigenvalue weighted by Gasteiger charge is 2.52. The largest absolute Gasteiger partial charge is 0.444 e. The highest BCUT2D eigenvalue weighted by Crippen LogP contribution is 2.33. The molecule has 1 unspecified atom stereocenters. The molecule has 1 aliphatic heterocycles. The van der Waals surface area contributed by atoms with Gasteiger partial charge in [-0.05, 0) is 46.0 Å². The second-order valence-electron chi connectivity index (χ2n) is 9.65. The van der Waals surface area contributed by atoms with E-state index in [4.69, 9.17) is 9.16 Å². The highest BCUT2D eigenvalue weighted by atomic mass is 28.4. The first-order chi connectivity index (χ1) is 13.7. The van der Waals surface area contributed by atoms with Crippen molar-refractivity contribution in [1.29, 1.82) is 0 Å². The van der Waals surface area contributed by atoms with Crippen molar-refractivity contribution in [1.82, 2.24) is 9.80 Å². The highest BCUT2D eigenvalue weighted by molar-refractivity contribution is 6.69. The van der Waals surface area contributed by atoms with Crippen molar-refractivity contribution in [3.05, 3.63) is 35.9 Å². The second kappa shape index (κ2) is 9.28. The standard InChI is InChI=1S/C21H33F3N2O3Si/c1-20(2,3)28-19(27)26-13-12-25(14-16-10-8-7-9-11-16)15-17(26)18(21(22,23)24)29-30(4,5)6/h7-11,17-18H,12-15H2,1-6H3/t17-,18?/m0/s1. The molecule has 1 saturated heterocycles. The van der Waals surface area contributed by atoms with Gasteiger partial charge in [-0.2, -0.15) is 13.2 Å². The fraction of sp³-hybridized carbons (Fsp3) is 0.667.